The standard InChI is InChI=1S/C19H26O6/c1-2-3-4-5-10-22-14-8-6-13(7-9-14)19(21)25-16-12-24-17-15(20)11-23-18(16)17/h6-9,15-18,20H,2-5,10-12H2,1H3/t15-,16+,17+,18+/m0/s1. The summed E-state index contributed by atoms with van der Waals surface area (Å²) >= 11 is 0. The predicted octanol–water partition coefficient (Wildman–Crippen LogP) is 2.33. The number of esters is 1. The Morgan fingerprint density at radius 1 is 1.12 bits per heavy atom. The molecule has 2 saturated heterocycles. The van der Waals surface area contributed by atoms with Crippen LogP contribution in [0.1, 0.15) is 43.0 Å². The maximum Gasteiger partial charge on any atom is 0.338 e. The first-order valence-corrected chi connectivity index (χ1v) is 9.04. The number of hydrogen-bond donors (Lipinski definition) is 1. The number of carbonyl (C=O) groups excluding carboxylic acids is 1. The molecule has 0 spiro atoms. The Kier molecular flexibility index (Phi) is 6.29. The van der Waals surface area contributed by atoms with Crippen LogP contribution in [0.15, 0.2) is 24.3 Å². The summed E-state index contributed by atoms with van der Waals surface area (Å²) in [4.78, 5) is 12.3. The fraction of sp³-hybridized carbons (Fsp3) is 0.632. The molecule has 25 heavy (non-hydrogen) atoms. The minimum atomic E-state index is -0.650. The summed E-state index contributed by atoms with van der Waals surface area (Å²) in [7, 11) is 0. The van der Waals surface area contributed by atoms with Crippen molar-refractivity contribution in [2.45, 2.75) is 57.0 Å². The average molecular weight is 350 g/mol. The van der Waals surface area contributed by atoms with E-state index in [9.17, 15) is 9.90 Å². The molecule has 2 fully saturated rings. The Morgan fingerprint density at radius 3 is 2.64 bits per heavy atom. The van der Waals surface area contributed by atoms with Crippen LogP contribution in [0.5, 0.6) is 5.75 Å². The largest absolute Gasteiger partial charge is 0.494 e. The third-order valence-corrected chi connectivity index (χ3v) is 4.60. The highest BCUT2D eigenvalue weighted by Gasteiger charge is 2.48. The van der Waals surface area contributed by atoms with E-state index in [-0.39, 0.29) is 19.3 Å². The molecule has 2 heterocycles. The lowest BCUT2D eigenvalue weighted by Crippen LogP contribution is -2.34. The van der Waals surface area contributed by atoms with Crippen LogP contribution in [0.3, 0.4) is 0 Å². The lowest BCUT2D eigenvalue weighted by Gasteiger charge is -2.16. The van der Waals surface area contributed by atoms with Gasteiger partial charge in [-0.15, -0.1) is 0 Å². The van der Waals surface area contributed by atoms with E-state index in [1.807, 2.05) is 0 Å². The topological polar surface area (TPSA) is 74.2 Å². The minimum Gasteiger partial charge on any atom is -0.494 e. The van der Waals surface area contributed by atoms with Gasteiger partial charge in [-0.05, 0) is 30.7 Å². The van der Waals surface area contributed by atoms with Crippen molar-refractivity contribution < 1.29 is 28.8 Å². The van der Waals surface area contributed by atoms with Crippen molar-refractivity contribution in [1.29, 1.82) is 0 Å². The van der Waals surface area contributed by atoms with Gasteiger partial charge < -0.3 is 24.1 Å². The third kappa shape index (κ3) is 4.51. The number of benzene rings is 1. The summed E-state index contributed by atoms with van der Waals surface area (Å²) in [5.74, 6) is 0.327. The van der Waals surface area contributed by atoms with Crippen LogP contribution in [-0.2, 0) is 14.2 Å². The van der Waals surface area contributed by atoms with E-state index in [4.69, 9.17) is 18.9 Å². The monoisotopic (exact) mass is 350 g/mol. The molecule has 138 valence electrons. The predicted molar refractivity (Wildman–Crippen MR) is 90.8 cm³/mol. The van der Waals surface area contributed by atoms with Crippen molar-refractivity contribution in [3.05, 3.63) is 29.8 Å². The van der Waals surface area contributed by atoms with Gasteiger partial charge in [-0.2, -0.15) is 0 Å². The van der Waals surface area contributed by atoms with Crippen LogP contribution in [0.4, 0.5) is 0 Å². The lowest BCUT2D eigenvalue weighted by molar-refractivity contribution is -0.0209. The van der Waals surface area contributed by atoms with Crippen LogP contribution in [0, 0.1) is 0 Å². The number of fused-ring (bicyclic) bond motifs is 1. The quantitative estimate of drug-likeness (QED) is 0.573. The van der Waals surface area contributed by atoms with Gasteiger partial charge in [-0.25, -0.2) is 4.79 Å². The Labute approximate surface area is 148 Å². The van der Waals surface area contributed by atoms with E-state index in [1.165, 1.54) is 19.3 Å². The molecule has 3 rings (SSSR count). The molecule has 0 aromatic heterocycles. The van der Waals surface area contributed by atoms with Crippen LogP contribution in [-0.4, -0.2) is 55.3 Å². The van der Waals surface area contributed by atoms with Crippen LogP contribution >= 0.6 is 0 Å². The minimum absolute atomic E-state index is 0.216. The summed E-state index contributed by atoms with van der Waals surface area (Å²) in [6.45, 7) is 3.33. The zero-order valence-electron chi connectivity index (χ0n) is 14.6. The Balaban J connectivity index is 1.46. The van der Waals surface area contributed by atoms with Gasteiger partial charge in [0.2, 0.25) is 0 Å². The van der Waals surface area contributed by atoms with Gasteiger partial charge in [0.1, 0.15) is 24.1 Å². The number of carbonyl (C=O) groups is 1. The highest BCUT2D eigenvalue weighted by atomic mass is 16.6. The van der Waals surface area contributed by atoms with Crippen molar-refractivity contribution in [1.82, 2.24) is 0 Å². The van der Waals surface area contributed by atoms with Crippen molar-refractivity contribution in [2.75, 3.05) is 19.8 Å². The molecular formula is C19H26O6. The fourth-order valence-corrected chi connectivity index (χ4v) is 3.16. The number of aliphatic hydroxyl groups is 1. The SMILES string of the molecule is CCCCCCOc1ccc(C(=O)O[C@@H]2CO[C@H]3[C@@H]2OC[C@@H]3O)cc1. The molecule has 0 bridgehead atoms. The van der Waals surface area contributed by atoms with Gasteiger partial charge in [0, 0.05) is 0 Å². The van der Waals surface area contributed by atoms with E-state index in [2.05, 4.69) is 6.92 Å². The Bertz CT molecular complexity index is 558. The molecule has 1 N–H and O–H groups in total. The second-order valence-electron chi connectivity index (χ2n) is 6.54. The maximum absolute atomic E-state index is 12.3. The summed E-state index contributed by atoms with van der Waals surface area (Å²) < 4.78 is 22.1. The van der Waals surface area contributed by atoms with Crippen molar-refractivity contribution >= 4 is 5.97 Å². The van der Waals surface area contributed by atoms with Gasteiger partial charge in [0.25, 0.3) is 0 Å². The molecule has 1 aromatic carbocycles. The molecule has 1 aromatic rings. The summed E-state index contributed by atoms with van der Waals surface area (Å²) in [6, 6.07) is 6.95. The van der Waals surface area contributed by atoms with Crippen molar-refractivity contribution in [3.8, 4) is 5.75 Å². The summed E-state index contributed by atoms with van der Waals surface area (Å²) in [5, 5.41) is 9.71. The van der Waals surface area contributed by atoms with Gasteiger partial charge in [0.15, 0.2) is 6.10 Å². The van der Waals surface area contributed by atoms with Crippen molar-refractivity contribution in [3.63, 3.8) is 0 Å². The van der Waals surface area contributed by atoms with Gasteiger partial charge in [-0.3, -0.25) is 0 Å². The van der Waals surface area contributed by atoms with Gasteiger partial charge in [-0.1, -0.05) is 26.2 Å². The molecule has 0 amide bonds. The molecule has 0 aliphatic carbocycles. The van der Waals surface area contributed by atoms with Crippen LogP contribution in [0.2, 0.25) is 0 Å². The lowest BCUT2D eigenvalue weighted by atomic mass is 10.1. The molecule has 6 nitrogen and oxygen atoms in total. The summed E-state index contributed by atoms with van der Waals surface area (Å²) in [5.41, 5.74) is 0.459. The zero-order valence-corrected chi connectivity index (χ0v) is 14.6. The van der Waals surface area contributed by atoms with E-state index in [0.29, 0.717) is 12.2 Å². The fourth-order valence-electron chi connectivity index (χ4n) is 3.16. The zero-order chi connectivity index (χ0) is 17.6. The first kappa shape index (κ1) is 18.2. The van der Waals surface area contributed by atoms with E-state index in [1.54, 1.807) is 24.3 Å². The first-order valence-electron chi connectivity index (χ1n) is 9.04. The molecule has 0 unspecified atom stereocenters. The number of ether oxygens (including phenoxy) is 4. The number of aliphatic hydroxyl groups excluding tert-OH is 1. The highest BCUT2D eigenvalue weighted by Crippen LogP contribution is 2.29. The van der Waals surface area contributed by atoms with E-state index in [0.717, 1.165) is 12.2 Å². The molecule has 4 atom stereocenters. The van der Waals surface area contributed by atoms with E-state index < -0.39 is 24.3 Å². The normalized spacial score (nSPS) is 27.9. The number of hydrogen-bond acceptors (Lipinski definition) is 6. The second-order valence-corrected chi connectivity index (χ2v) is 6.54. The first-order chi connectivity index (χ1) is 12.2. The molecular weight excluding hydrogens is 324 g/mol. The summed E-state index contributed by atoms with van der Waals surface area (Å²) in [6.07, 6.45) is 2.71. The van der Waals surface area contributed by atoms with Gasteiger partial charge in [0.05, 0.1) is 25.4 Å². The molecule has 6 heteroatoms. The Hall–Kier alpha value is -1.63. The maximum atomic E-state index is 12.3. The number of unbranched alkanes of at least 4 members (excludes halogenated alkanes) is 3. The smallest absolute Gasteiger partial charge is 0.338 e. The average Bonchev–Trinajstić information content (AvgIpc) is 3.19. The number of rotatable bonds is 8. The second kappa shape index (κ2) is 8.65. The molecule has 2 aliphatic heterocycles. The van der Waals surface area contributed by atoms with Gasteiger partial charge >= 0.3 is 5.97 Å². The highest BCUT2D eigenvalue weighted by molar-refractivity contribution is 5.89. The molecule has 0 saturated carbocycles. The van der Waals surface area contributed by atoms with Crippen LogP contribution < -0.4 is 4.74 Å². The van der Waals surface area contributed by atoms with E-state index >= 15 is 0 Å². The van der Waals surface area contributed by atoms with Crippen molar-refractivity contribution in [2.24, 2.45) is 0 Å². The van der Waals surface area contributed by atoms with Crippen LogP contribution in [0.25, 0.3) is 0 Å². The Morgan fingerprint density at radius 2 is 1.88 bits per heavy atom. The molecule has 2 aliphatic rings. The third-order valence-electron chi connectivity index (χ3n) is 4.60. The molecule has 0 radical (unpaired) electrons.